The Morgan fingerprint density at radius 1 is 1.24 bits per heavy atom. The van der Waals surface area contributed by atoms with E-state index in [9.17, 15) is 9.18 Å². The minimum absolute atomic E-state index is 0.0590. The normalized spacial score (nSPS) is 10.2. The van der Waals surface area contributed by atoms with Gasteiger partial charge in [0.1, 0.15) is 0 Å². The van der Waals surface area contributed by atoms with E-state index < -0.39 is 5.82 Å². The maximum Gasteiger partial charge on any atom is 0.258 e. The lowest BCUT2D eigenvalue weighted by Crippen LogP contribution is -2.28. The molecule has 3 nitrogen and oxygen atoms in total. The van der Waals surface area contributed by atoms with Crippen molar-refractivity contribution in [3.63, 3.8) is 0 Å². The highest BCUT2D eigenvalue weighted by atomic mass is 79.9. The Balaban J connectivity index is 1.80. The minimum Gasteiger partial charge on any atom is -0.481 e. The van der Waals surface area contributed by atoms with Crippen molar-refractivity contribution < 1.29 is 13.9 Å². The number of aryl methyl sites for hydroxylation is 1. The molecule has 0 aromatic heterocycles. The van der Waals surface area contributed by atoms with Crippen LogP contribution in [-0.2, 0) is 11.3 Å². The molecule has 0 spiro atoms. The van der Waals surface area contributed by atoms with E-state index >= 15 is 0 Å². The van der Waals surface area contributed by atoms with Crippen molar-refractivity contribution in [2.45, 2.75) is 13.5 Å². The van der Waals surface area contributed by atoms with Crippen LogP contribution < -0.4 is 10.1 Å². The summed E-state index contributed by atoms with van der Waals surface area (Å²) in [4.78, 5) is 11.7. The molecule has 0 saturated heterocycles. The summed E-state index contributed by atoms with van der Waals surface area (Å²) in [6, 6.07) is 12.3. The lowest BCUT2D eigenvalue weighted by atomic mass is 10.1. The molecule has 0 aliphatic heterocycles. The summed E-state index contributed by atoms with van der Waals surface area (Å²) in [6.07, 6.45) is 0. The topological polar surface area (TPSA) is 38.3 Å². The van der Waals surface area contributed by atoms with Gasteiger partial charge in [0.15, 0.2) is 18.2 Å². The summed E-state index contributed by atoms with van der Waals surface area (Å²) in [7, 11) is 0. The summed E-state index contributed by atoms with van der Waals surface area (Å²) in [5, 5.41) is 2.72. The van der Waals surface area contributed by atoms with Gasteiger partial charge in [-0.15, -0.1) is 0 Å². The van der Waals surface area contributed by atoms with Crippen molar-refractivity contribution in [3.8, 4) is 5.75 Å². The van der Waals surface area contributed by atoms with Gasteiger partial charge in [0.05, 0.1) is 0 Å². The monoisotopic (exact) mass is 351 g/mol. The first-order valence-corrected chi connectivity index (χ1v) is 7.24. The van der Waals surface area contributed by atoms with Crippen molar-refractivity contribution >= 4 is 21.8 Å². The van der Waals surface area contributed by atoms with Gasteiger partial charge < -0.3 is 10.1 Å². The number of carbonyl (C=O) groups is 1. The smallest absolute Gasteiger partial charge is 0.258 e. The van der Waals surface area contributed by atoms with E-state index in [0.29, 0.717) is 11.0 Å². The average Bonchev–Trinajstić information content (AvgIpc) is 2.46. The van der Waals surface area contributed by atoms with Gasteiger partial charge in [0, 0.05) is 11.0 Å². The Kier molecular flexibility index (Phi) is 5.33. The number of halogens is 2. The lowest BCUT2D eigenvalue weighted by Gasteiger charge is -2.08. The summed E-state index contributed by atoms with van der Waals surface area (Å²) in [5.41, 5.74) is 2.17. The van der Waals surface area contributed by atoms with E-state index in [1.54, 1.807) is 6.07 Å². The molecule has 0 saturated carbocycles. The van der Waals surface area contributed by atoms with E-state index in [1.165, 1.54) is 17.7 Å². The van der Waals surface area contributed by atoms with Crippen molar-refractivity contribution in [2.75, 3.05) is 6.61 Å². The van der Waals surface area contributed by atoms with Crippen LogP contribution in [0.2, 0.25) is 0 Å². The van der Waals surface area contributed by atoms with Gasteiger partial charge in [-0.25, -0.2) is 4.39 Å². The highest BCUT2D eigenvalue weighted by Gasteiger charge is 2.07. The van der Waals surface area contributed by atoms with Crippen LogP contribution in [0.5, 0.6) is 5.75 Å². The zero-order valence-electron chi connectivity index (χ0n) is 11.5. The standard InChI is InChI=1S/C16H15BrFNO2/c1-11-2-4-12(5-3-11)9-19-16(20)10-21-15-7-6-13(17)8-14(15)18/h2-8H,9-10H2,1H3,(H,19,20). The van der Waals surface area contributed by atoms with Crippen LogP contribution in [0.25, 0.3) is 0 Å². The maximum absolute atomic E-state index is 13.5. The highest BCUT2D eigenvalue weighted by molar-refractivity contribution is 9.10. The van der Waals surface area contributed by atoms with E-state index in [1.807, 2.05) is 31.2 Å². The number of ether oxygens (including phenoxy) is 1. The molecule has 0 aliphatic rings. The molecule has 5 heteroatoms. The van der Waals surface area contributed by atoms with Crippen LogP contribution in [0.15, 0.2) is 46.9 Å². The van der Waals surface area contributed by atoms with Gasteiger partial charge in [0.2, 0.25) is 0 Å². The van der Waals surface area contributed by atoms with Gasteiger partial charge in [0.25, 0.3) is 5.91 Å². The first kappa shape index (κ1) is 15.5. The third-order valence-electron chi connectivity index (χ3n) is 2.86. The highest BCUT2D eigenvalue weighted by Crippen LogP contribution is 2.21. The summed E-state index contributed by atoms with van der Waals surface area (Å²) in [5.74, 6) is -0.739. The van der Waals surface area contributed by atoms with Gasteiger partial charge in [-0.3, -0.25) is 4.79 Å². The molecule has 0 heterocycles. The van der Waals surface area contributed by atoms with E-state index in [4.69, 9.17) is 4.74 Å². The molecule has 2 aromatic rings. The van der Waals surface area contributed by atoms with Gasteiger partial charge >= 0.3 is 0 Å². The third kappa shape index (κ3) is 4.86. The second-order valence-corrected chi connectivity index (χ2v) is 5.54. The predicted molar refractivity (Wildman–Crippen MR) is 82.6 cm³/mol. The number of rotatable bonds is 5. The summed E-state index contributed by atoms with van der Waals surface area (Å²) in [6.45, 7) is 2.21. The predicted octanol–water partition coefficient (Wildman–Crippen LogP) is 3.59. The third-order valence-corrected chi connectivity index (χ3v) is 3.36. The fraction of sp³-hybridized carbons (Fsp3) is 0.188. The molecule has 2 aromatic carbocycles. The average molecular weight is 352 g/mol. The Bertz CT molecular complexity index is 629. The fourth-order valence-electron chi connectivity index (χ4n) is 1.69. The first-order chi connectivity index (χ1) is 10.0. The van der Waals surface area contributed by atoms with Gasteiger partial charge in [-0.1, -0.05) is 45.8 Å². The number of hydrogen-bond acceptors (Lipinski definition) is 2. The molecule has 21 heavy (non-hydrogen) atoms. The fourth-order valence-corrected chi connectivity index (χ4v) is 2.03. The number of amides is 1. The van der Waals surface area contributed by atoms with Crippen molar-refractivity contribution in [2.24, 2.45) is 0 Å². The van der Waals surface area contributed by atoms with E-state index in [2.05, 4.69) is 21.2 Å². The second-order valence-electron chi connectivity index (χ2n) is 4.63. The molecule has 0 unspecified atom stereocenters. The molecule has 0 radical (unpaired) electrons. The number of benzene rings is 2. The van der Waals surface area contributed by atoms with Crippen LogP contribution in [-0.4, -0.2) is 12.5 Å². The maximum atomic E-state index is 13.5. The number of hydrogen-bond donors (Lipinski definition) is 1. The van der Waals surface area contributed by atoms with Crippen LogP contribution in [0.4, 0.5) is 4.39 Å². The molecule has 0 aliphatic carbocycles. The van der Waals surface area contributed by atoms with Crippen LogP contribution in [0.1, 0.15) is 11.1 Å². The van der Waals surface area contributed by atoms with E-state index in [0.717, 1.165) is 5.56 Å². The van der Waals surface area contributed by atoms with Crippen LogP contribution >= 0.6 is 15.9 Å². The zero-order valence-corrected chi connectivity index (χ0v) is 13.1. The molecule has 0 fully saturated rings. The number of carbonyl (C=O) groups excluding carboxylic acids is 1. The Morgan fingerprint density at radius 2 is 1.95 bits per heavy atom. The Labute approximate surface area is 131 Å². The first-order valence-electron chi connectivity index (χ1n) is 6.44. The van der Waals surface area contributed by atoms with Gasteiger partial charge in [-0.05, 0) is 30.7 Å². The SMILES string of the molecule is Cc1ccc(CNC(=O)COc2ccc(Br)cc2F)cc1. The molecule has 0 atom stereocenters. The molecule has 2 rings (SSSR count). The molecular formula is C16H15BrFNO2. The minimum atomic E-state index is -0.504. The van der Waals surface area contributed by atoms with Crippen molar-refractivity contribution in [3.05, 3.63) is 63.9 Å². The zero-order chi connectivity index (χ0) is 15.2. The van der Waals surface area contributed by atoms with Gasteiger partial charge in [-0.2, -0.15) is 0 Å². The summed E-state index contributed by atoms with van der Waals surface area (Å²) >= 11 is 3.16. The molecule has 1 N–H and O–H groups in total. The van der Waals surface area contributed by atoms with Crippen molar-refractivity contribution in [1.82, 2.24) is 5.32 Å². The lowest BCUT2D eigenvalue weighted by molar-refractivity contribution is -0.123. The molecule has 110 valence electrons. The molecule has 0 bridgehead atoms. The molecular weight excluding hydrogens is 337 g/mol. The second kappa shape index (κ2) is 7.22. The van der Waals surface area contributed by atoms with Crippen LogP contribution in [0, 0.1) is 12.7 Å². The summed E-state index contributed by atoms with van der Waals surface area (Å²) < 4.78 is 19.3. The van der Waals surface area contributed by atoms with E-state index in [-0.39, 0.29) is 18.3 Å². The Hall–Kier alpha value is -1.88. The largest absolute Gasteiger partial charge is 0.481 e. The quantitative estimate of drug-likeness (QED) is 0.893. The number of nitrogens with one attached hydrogen (secondary N) is 1. The molecule has 1 amide bonds. The Morgan fingerprint density at radius 3 is 2.62 bits per heavy atom. The van der Waals surface area contributed by atoms with Crippen LogP contribution in [0.3, 0.4) is 0 Å². The van der Waals surface area contributed by atoms with Crippen molar-refractivity contribution in [1.29, 1.82) is 0 Å².